The summed E-state index contributed by atoms with van der Waals surface area (Å²) in [6, 6.07) is 1.91. The second kappa shape index (κ2) is 5.04. The van der Waals surface area contributed by atoms with Gasteiger partial charge in [0.1, 0.15) is 11.6 Å². The molecule has 1 saturated heterocycles. The Labute approximate surface area is 101 Å². The molecule has 2 N–H and O–H groups in total. The van der Waals surface area contributed by atoms with Crippen molar-refractivity contribution < 1.29 is 0 Å². The van der Waals surface area contributed by atoms with E-state index in [4.69, 9.17) is 5.73 Å². The van der Waals surface area contributed by atoms with Crippen LogP contribution in [-0.4, -0.2) is 15.7 Å². The van der Waals surface area contributed by atoms with Gasteiger partial charge in [-0.2, -0.15) is 11.8 Å². The number of nitrogens with two attached hydrogens (primary N) is 1. The van der Waals surface area contributed by atoms with Crippen molar-refractivity contribution in [2.24, 2.45) is 5.92 Å². The Morgan fingerprint density at radius 3 is 2.94 bits per heavy atom. The SMILES string of the molecule is CC(C)Cc1cc(N)nc(C2CCCS2)n1. The first-order valence-corrected chi connectivity index (χ1v) is 6.95. The summed E-state index contributed by atoms with van der Waals surface area (Å²) in [5.74, 6) is 3.40. The van der Waals surface area contributed by atoms with Gasteiger partial charge in [-0.05, 0) is 30.9 Å². The molecule has 1 unspecified atom stereocenters. The quantitative estimate of drug-likeness (QED) is 0.878. The molecule has 0 bridgehead atoms. The van der Waals surface area contributed by atoms with Crippen LogP contribution < -0.4 is 5.73 Å². The van der Waals surface area contributed by atoms with Gasteiger partial charge in [-0.15, -0.1) is 0 Å². The largest absolute Gasteiger partial charge is 0.384 e. The van der Waals surface area contributed by atoms with E-state index >= 15 is 0 Å². The maximum atomic E-state index is 5.84. The average molecular weight is 237 g/mol. The zero-order valence-electron chi connectivity index (χ0n) is 9.94. The molecule has 1 fully saturated rings. The molecule has 0 spiro atoms. The van der Waals surface area contributed by atoms with Crippen molar-refractivity contribution in [3.8, 4) is 0 Å². The van der Waals surface area contributed by atoms with Crippen LogP contribution in [0.15, 0.2) is 6.07 Å². The number of hydrogen-bond donors (Lipinski definition) is 1. The minimum absolute atomic E-state index is 0.467. The lowest BCUT2D eigenvalue weighted by molar-refractivity contribution is 0.628. The van der Waals surface area contributed by atoms with Crippen LogP contribution in [0.1, 0.15) is 43.5 Å². The average Bonchev–Trinajstić information content (AvgIpc) is 2.67. The zero-order chi connectivity index (χ0) is 11.5. The molecular weight excluding hydrogens is 218 g/mol. The molecule has 0 saturated carbocycles. The van der Waals surface area contributed by atoms with Gasteiger partial charge in [0.05, 0.1) is 5.25 Å². The molecule has 2 heterocycles. The van der Waals surface area contributed by atoms with Gasteiger partial charge in [0, 0.05) is 11.8 Å². The molecule has 88 valence electrons. The van der Waals surface area contributed by atoms with Gasteiger partial charge in [0.2, 0.25) is 0 Å². The normalized spacial score (nSPS) is 20.6. The smallest absolute Gasteiger partial charge is 0.143 e. The van der Waals surface area contributed by atoms with Gasteiger partial charge >= 0.3 is 0 Å². The summed E-state index contributed by atoms with van der Waals surface area (Å²) in [4.78, 5) is 9.01. The lowest BCUT2D eigenvalue weighted by Gasteiger charge is -2.11. The maximum absolute atomic E-state index is 5.84. The monoisotopic (exact) mass is 237 g/mol. The Balaban J connectivity index is 2.20. The maximum Gasteiger partial charge on any atom is 0.143 e. The Morgan fingerprint density at radius 1 is 1.50 bits per heavy atom. The van der Waals surface area contributed by atoms with Gasteiger partial charge in [-0.25, -0.2) is 9.97 Å². The van der Waals surface area contributed by atoms with Crippen molar-refractivity contribution in [1.29, 1.82) is 0 Å². The van der Waals surface area contributed by atoms with Crippen molar-refractivity contribution in [2.45, 2.75) is 38.4 Å². The highest BCUT2D eigenvalue weighted by atomic mass is 32.2. The fourth-order valence-corrected chi connectivity index (χ4v) is 3.19. The third kappa shape index (κ3) is 2.88. The first-order valence-electron chi connectivity index (χ1n) is 5.90. The summed E-state index contributed by atoms with van der Waals surface area (Å²) < 4.78 is 0. The van der Waals surface area contributed by atoms with Crippen LogP contribution in [0.4, 0.5) is 5.82 Å². The van der Waals surface area contributed by atoms with Crippen molar-refractivity contribution in [3.05, 3.63) is 17.6 Å². The van der Waals surface area contributed by atoms with E-state index in [0.717, 1.165) is 17.9 Å². The third-order valence-corrected chi connectivity index (χ3v) is 4.02. The lowest BCUT2D eigenvalue weighted by Crippen LogP contribution is -2.07. The standard InChI is InChI=1S/C12H19N3S/c1-8(2)6-9-7-11(13)15-12(14-9)10-4-3-5-16-10/h7-8,10H,3-6H2,1-2H3,(H2,13,14,15). The molecular formula is C12H19N3S. The Kier molecular flexibility index (Phi) is 3.69. The van der Waals surface area contributed by atoms with Crippen LogP contribution in [0.5, 0.6) is 0 Å². The molecule has 0 aliphatic carbocycles. The molecule has 1 aliphatic heterocycles. The Bertz CT molecular complexity index is 359. The number of nitrogens with zero attached hydrogens (tertiary/aromatic N) is 2. The molecule has 1 aromatic heterocycles. The minimum atomic E-state index is 0.467. The topological polar surface area (TPSA) is 51.8 Å². The Hall–Kier alpha value is -0.770. The van der Waals surface area contributed by atoms with E-state index in [-0.39, 0.29) is 0 Å². The number of rotatable bonds is 3. The van der Waals surface area contributed by atoms with Gasteiger partial charge in [-0.3, -0.25) is 0 Å². The fourth-order valence-electron chi connectivity index (χ4n) is 1.99. The highest BCUT2D eigenvalue weighted by Crippen LogP contribution is 2.38. The van der Waals surface area contributed by atoms with Crippen LogP contribution >= 0.6 is 11.8 Å². The molecule has 1 atom stereocenters. The van der Waals surface area contributed by atoms with E-state index in [0.29, 0.717) is 17.0 Å². The summed E-state index contributed by atoms with van der Waals surface area (Å²) in [6.07, 6.45) is 3.44. The molecule has 0 aromatic carbocycles. The predicted molar refractivity (Wildman–Crippen MR) is 69.4 cm³/mol. The van der Waals surface area contributed by atoms with Crippen molar-refractivity contribution in [1.82, 2.24) is 9.97 Å². The summed E-state index contributed by atoms with van der Waals surface area (Å²) in [7, 11) is 0. The van der Waals surface area contributed by atoms with Crippen molar-refractivity contribution >= 4 is 17.6 Å². The van der Waals surface area contributed by atoms with Crippen molar-refractivity contribution in [3.63, 3.8) is 0 Å². The van der Waals surface area contributed by atoms with Gasteiger partial charge in [0.25, 0.3) is 0 Å². The summed E-state index contributed by atoms with van der Waals surface area (Å²) in [5, 5.41) is 0.467. The Morgan fingerprint density at radius 2 is 2.31 bits per heavy atom. The second-order valence-corrected chi connectivity index (χ2v) is 6.05. The van der Waals surface area contributed by atoms with E-state index in [1.807, 2.05) is 17.8 Å². The van der Waals surface area contributed by atoms with Gasteiger partial charge in [-0.1, -0.05) is 13.8 Å². The number of anilines is 1. The molecule has 16 heavy (non-hydrogen) atoms. The number of aromatic nitrogens is 2. The predicted octanol–water partition coefficient (Wildman–Crippen LogP) is 2.83. The number of nitrogen functional groups attached to an aromatic ring is 1. The highest BCUT2D eigenvalue weighted by molar-refractivity contribution is 7.99. The minimum Gasteiger partial charge on any atom is -0.384 e. The van der Waals surface area contributed by atoms with Crippen LogP contribution in [0.3, 0.4) is 0 Å². The highest BCUT2D eigenvalue weighted by Gasteiger charge is 2.21. The van der Waals surface area contributed by atoms with Crippen LogP contribution in [-0.2, 0) is 6.42 Å². The van der Waals surface area contributed by atoms with Crippen LogP contribution in [0.2, 0.25) is 0 Å². The lowest BCUT2D eigenvalue weighted by atomic mass is 10.1. The van der Waals surface area contributed by atoms with Crippen LogP contribution in [0.25, 0.3) is 0 Å². The summed E-state index contributed by atoms with van der Waals surface area (Å²) in [6.45, 7) is 4.39. The first kappa shape index (κ1) is 11.7. The summed E-state index contributed by atoms with van der Waals surface area (Å²) >= 11 is 1.95. The number of thioether (sulfide) groups is 1. The van der Waals surface area contributed by atoms with E-state index < -0.39 is 0 Å². The number of hydrogen-bond acceptors (Lipinski definition) is 4. The van der Waals surface area contributed by atoms with Gasteiger partial charge < -0.3 is 5.73 Å². The van der Waals surface area contributed by atoms with Crippen molar-refractivity contribution in [2.75, 3.05) is 11.5 Å². The molecule has 0 amide bonds. The van der Waals surface area contributed by atoms with E-state index in [1.165, 1.54) is 18.6 Å². The molecule has 0 radical (unpaired) electrons. The van der Waals surface area contributed by atoms with Gasteiger partial charge in [0.15, 0.2) is 0 Å². The molecule has 1 aliphatic rings. The fraction of sp³-hybridized carbons (Fsp3) is 0.667. The molecule has 3 nitrogen and oxygen atoms in total. The van der Waals surface area contributed by atoms with E-state index in [1.54, 1.807) is 0 Å². The molecule has 2 rings (SSSR count). The van der Waals surface area contributed by atoms with E-state index in [2.05, 4.69) is 23.8 Å². The second-order valence-electron chi connectivity index (χ2n) is 4.74. The third-order valence-electron chi connectivity index (χ3n) is 2.65. The first-order chi connectivity index (χ1) is 7.65. The molecule has 4 heteroatoms. The molecule has 1 aromatic rings. The van der Waals surface area contributed by atoms with E-state index in [9.17, 15) is 0 Å². The zero-order valence-corrected chi connectivity index (χ0v) is 10.8. The van der Waals surface area contributed by atoms with Crippen LogP contribution in [0, 0.1) is 5.92 Å². The summed E-state index contributed by atoms with van der Waals surface area (Å²) in [5.41, 5.74) is 6.93.